The molecular formula is C15H15FN2O3. The van der Waals surface area contributed by atoms with Crippen molar-refractivity contribution in [2.75, 3.05) is 6.61 Å². The number of halogens is 1. The fourth-order valence-electron chi connectivity index (χ4n) is 1.86. The van der Waals surface area contributed by atoms with Crippen molar-refractivity contribution in [2.24, 2.45) is 5.16 Å². The predicted octanol–water partition coefficient (Wildman–Crippen LogP) is 2.26. The quantitative estimate of drug-likeness (QED) is 0.522. The van der Waals surface area contributed by atoms with Crippen LogP contribution in [0.4, 0.5) is 4.39 Å². The van der Waals surface area contributed by atoms with Gasteiger partial charge in [0.2, 0.25) is 0 Å². The van der Waals surface area contributed by atoms with E-state index in [1.54, 1.807) is 25.3 Å². The second-order valence-electron chi connectivity index (χ2n) is 4.41. The SMILES string of the molecule is C/C(=N/O)c1cc(F)ccc1OCCn1ccccc1=O. The van der Waals surface area contributed by atoms with Gasteiger partial charge >= 0.3 is 0 Å². The summed E-state index contributed by atoms with van der Waals surface area (Å²) in [4.78, 5) is 11.5. The van der Waals surface area contributed by atoms with Crippen LogP contribution in [0.1, 0.15) is 12.5 Å². The zero-order valence-electron chi connectivity index (χ0n) is 11.5. The molecule has 0 radical (unpaired) electrons. The number of hydrogen-bond acceptors (Lipinski definition) is 4. The molecule has 1 N–H and O–H groups in total. The minimum atomic E-state index is -0.445. The zero-order valence-corrected chi connectivity index (χ0v) is 11.5. The minimum Gasteiger partial charge on any atom is -0.491 e. The maximum atomic E-state index is 13.2. The van der Waals surface area contributed by atoms with Gasteiger partial charge in [-0.05, 0) is 31.2 Å². The molecule has 0 fully saturated rings. The van der Waals surface area contributed by atoms with Gasteiger partial charge in [-0.15, -0.1) is 0 Å². The average Bonchev–Trinajstić information content (AvgIpc) is 2.49. The first kappa shape index (κ1) is 14.8. The zero-order chi connectivity index (χ0) is 15.2. The van der Waals surface area contributed by atoms with E-state index in [2.05, 4.69) is 5.16 Å². The van der Waals surface area contributed by atoms with Gasteiger partial charge in [-0.2, -0.15) is 0 Å². The van der Waals surface area contributed by atoms with Gasteiger partial charge in [-0.25, -0.2) is 4.39 Å². The Morgan fingerprint density at radius 2 is 2.19 bits per heavy atom. The first-order valence-corrected chi connectivity index (χ1v) is 6.38. The lowest BCUT2D eigenvalue weighted by atomic mass is 10.1. The number of pyridine rings is 1. The number of rotatable bonds is 5. The summed E-state index contributed by atoms with van der Waals surface area (Å²) < 4.78 is 20.3. The Labute approximate surface area is 120 Å². The molecule has 0 aliphatic heterocycles. The lowest BCUT2D eigenvalue weighted by Gasteiger charge is -2.11. The maximum absolute atomic E-state index is 13.2. The third-order valence-electron chi connectivity index (χ3n) is 2.97. The fraction of sp³-hybridized carbons (Fsp3) is 0.200. The summed E-state index contributed by atoms with van der Waals surface area (Å²) in [5, 5.41) is 11.9. The third kappa shape index (κ3) is 3.68. The van der Waals surface area contributed by atoms with E-state index in [0.29, 0.717) is 17.9 Å². The van der Waals surface area contributed by atoms with Crippen LogP contribution in [-0.2, 0) is 6.54 Å². The van der Waals surface area contributed by atoms with Crippen molar-refractivity contribution in [2.45, 2.75) is 13.5 Å². The molecule has 0 aliphatic carbocycles. The smallest absolute Gasteiger partial charge is 0.250 e. The molecule has 110 valence electrons. The molecule has 21 heavy (non-hydrogen) atoms. The Morgan fingerprint density at radius 1 is 1.38 bits per heavy atom. The lowest BCUT2D eigenvalue weighted by Crippen LogP contribution is -2.21. The highest BCUT2D eigenvalue weighted by atomic mass is 19.1. The van der Waals surface area contributed by atoms with E-state index >= 15 is 0 Å². The van der Waals surface area contributed by atoms with Crippen LogP contribution in [-0.4, -0.2) is 22.1 Å². The maximum Gasteiger partial charge on any atom is 0.250 e. The summed E-state index contributed by atoms with van der Waals surface area (Å²) in [6.07, 6.45) is 1.66. The molecule has 2 aromatic rings. The summed E-state index contributed by atoms with van der Waals surface area (Å²) in [5.74, 6) is -0.0460. The van der Waals surface area contributed by atoms with E-state index in [1.165, 1.54) is 28.8 Å². The summed E-state index contributed by atoms with van der Waals surface area (Å²) in [6, 6.07) is 8.85. The molecule has 2 rings (SSSR count). The molecule has 0 atom stereocenters. The molecule has 5 nitrogen and oxygen atoms in total. The second-order valence-corrected chi connectivity index (χ2v) is 4.41. The van der Waals surface area contributed by atoms with Gasteiger partial charge in [0, 0.05) is 17.8 Å². The van der Waals surface area contributed by atoms with Gasteiger partial charge in [-0.3, -0.25) is 4.79 Å². The highest BCUT2D eigenvalue weighted by Gasteiger charge is 2.09. The van der Waals surface area contributed by atoms with Gasteiger partial charge in [0.25, 0.3) is 5.56 Å². The second kappa shape index (κ2) is 6.69. The van der Waals surface area contributed by atoms with Crippen LogP contribution in [0.15, 0.2) is 52.5 Å². The first-order valence-electron chi connectivity index (χ1n) is 6.38. The molecule has 0 amide bonds. The van der Waals surface area contributed by atoms with Crippen molar-refractivity contribution in [3.05, 3.63) is 64.3 Å². The van der Waals surface area contributed by atoms with Crippen LogP contribution in [0.25, 0.3) is 0 Å². The number of hydrogen-bond donors (Lipinski definition) is 1. The Hall–Kier alpha value is -2.63. The van der Waals surface area contributed by atoms with E-state index in [1.807, 2.05) is 0 Å². The summed E-state index contributed by atoms with van der Waals surface area (Å²) in [6.45, 7) is 2.15. The van der Waals surface area contributed by atoms with Gasteiger partial charge in [0.05, 0.1) is 12.3 Å². The van der Waals surface area contributed by atoms with E-state index in [-0.39, 0.29) is 17.9 Å². The van der Waals surface area contributed by atoms with Crippen molar-refractivity contribution in [3.8, 4) is 5.75 Å². The van der Waals surface area contributed by atoms with Crippen LogP contribution in [0.5, 0.6) is 5.75 Å². The number of oxime groups is 1. The molecule has 0 spiro atoms. The van der Waals surface area contributed by atoms with Crippen molar-refractivity contribution in [1.82, 2.24) is 4.57 Å². The highest BCUT2D eigenvalue weighted by molar-refractivity contribution is 6.00. The standard InChI is InChI=1S/C15H15FN2O3/c1-11(17-20)13-10-12(16)5-6-14(13)21-9-8-18-7-3-2-4-15(18)19/h2-7,10,20H,8-9H2,1H3/b17-11-. The van der Waals surface area contributed by atoms with Gasteiger partial charge in [0.15, 0.2) is 0 Å². The van der Waals surface area contributed by atoms with Crippen molar-refractivity contribution in [1.29, 1.82) is 0 Å². The lowest BCUT2D eigenvalue weighted by molar-refractivity contribution is 0.294. The predicted molar refractivity (Wildman–Crippen MR) is 76.6 cm³/mol. The average molecular weight is 290 g/mol. The van der Waals surface area contributed by atoms with Crippen LogP contribution in [0.3, 0.4) is 0 Å². The molecule has 0 bridgehead atoms. The van der Waals surface area contributed by atoms with E-state index in [0.717, 1.165) is 0 Å². The molecule has 0 aliphatic rings. The number of benzene rings is 1. The third-order valence-corrected chi connectivity index (χ3v) is 2.97. The molecule has 0 unspecified atom stereocenters. The molecule has 1 aromatic heterocycles. The van der Waals surface area contributed by atoms with Gasteiger partial charge in [-0.1, -0.05) is 11.2 Å². The van der Waals surface area contributed by atoms with Crippen LogP contribution >= 0.6 is 0 Å². The monoisotopic (exact) mass is 290 g/mol. The van der Waals surface area contributed by atoms with Crippen LogP contribution in [0.2, 0.25) is 0 Å². The Kier molecular flexibility index (Phi) is 4.71. The van der Waals surface area contributed by atoms with E-state index < -0.39 is 5.82 Å². The number of nitrogens with zero attached hydrogens (tertiary/aromatic N) is 2. The topological polar surface area (TPSA) is 63.8 Å². The largest absolute Gasteiger partial charge is 0.491 e. The first-order chi connectivity index (χ1) is 10.1. The number of aromatic nitrogens is 1. The molecule has 0 saturated heterocycles. The molecular weight excluding hydrogens is 275 g/mol. The normalized spacial score (nSPS) is 11.4. The Morgan fingerprint density at radius 3 is 2.90 bits per heavy atom. The Bertz CT molecular complexity index is 710. The van der Waals surface area contributed by atoms with Gasteiger partial charge < -0.3 is 14.5 Å². The van der Waals surface area contributed by atoms with E-state index in [9.17, 15) is 9.18 Å². The van der Waals surface area contributed by atoms with Crippen molar-refractivity contribution >= 4 is 5.71 Å². The summed E-state index contributed by atoms with van der Waals surface area (Å²) >= 11 is 0. The summed E-state index contributed by atoms with van der Waals surface area (Å²) in [7, 11) is 0. The highest BCUT2D eigenvalue weighted by Crippen LogP contribution is 2.20. The van der Waals surface area contributed by atoms with E-state index in [4.69, 9.17) is 9.94 Å². The van der Waals surface area contributed by atoms with Crippen molar-refractivity contribution in [3.63, 3.8) is 0 Å². The minimum absolute atomic E-state index is 0.117. The van der Waals surface area contributed by atoms with Crippen molar-refractivity contribution < 1.29 is 14.3 Å². The fourth-order valence-corrected chi connectivity index (χ4v) is 1.86. The molecule has 6 heteroatoms. The Balaban J connectivity index is 2.10. The summed E-state index contributed by atoms with van der Waals surface area (Å²) in [5.41, 5.74) is 0.507. The molecule has 1 aromatic carbocycles. The molecule has 1 heterocycles. The van der Waals surface area contributed by atoms with Crippen LogP contribution < -0.4 is 10.3 Å². The van der Waals surface area contributed by atoms with Crippen LogP contribution in [0, 0.1) is 5.82 Å². The number of ether oxygens (including phenoxy) is 1. The van der Waals surface area contributed by atoms with Gasteiger partial charge in [0.1, 0.15) is 18.2 Å². The molecule has 0 saturated carbocycles.